The predicted molar refractivity (Wildman–Crippen MR) is 80.9 cm³/mol. The van der Waals surface area contributed by atoms with Gasteiger partial charge in [0.15, 0.2) is 0 Å². The predicted octanol–water partition coefficient (Wildman–Crippen LogP) is 3.54. The lowest BCUT2D eigenvalue weighted by Crippen LogP contribution is -2.25. The average molecular weight is 355 g/mol. The van der Waals surface area contributed by atoms with Crippen LogP contribution in [-0.4, -0.2) is 6.04 Å². The Balaban J connectivity index is 1.96. The summed E-state index contributed by atoms with van der Waals surface area (Å²) in [6.45, 7) is 0. The van der Waals surface area contributed by atoms with E-state index < -0.39 is 0 Å². The molecule has 94 valence electrons. The summed E-state index contributed by atoms with van der Waals surface area (Å²) < 4.78 is 14.3. The van der Waals surface area contributed by atoms with E-state index in [4.69, 9.17) is 5.73 Å². The summed E-state index contributed by atoms with van der Waals surface area (Å²) in [5.74, 6) is -0.200. The quantitative estimate of drug-likeness (QED) is 0.835. The highest BCUT2D eigenvalue weighted by Crippen LogP contribution is 2.11. The first kappa shape index (κ1) is 13.5. The second-order valence-electron chi connectivity index (χ2n) is 4.42. The van der Waals surface area contributed by atoms with Gasteiger partial charge in [0.25, 0.3) is 0 Å². The minimum atomic E-state index is -0.200. The molecule has 3 heteroatoms. The first-order chi connectivity index (χ1) is 8.63. The molecule has 0 heterocycles. The van der Waals surface area contributed by atoms with Crippen LogP contribution in [0.1, 0.15) is 11.1 Å². The van der Waals surface area contributed by atoms with Gasteiger partial charge in [0.2, 0.25) is 0 Å². The standard InChI is InChI=1S/C15H15FIN/c16-13-3-1-2-12(8-13)10-15(18)9-11-4-6-14(17)7-5-11/h1-8,15H,9-10,18H2. The molecule has 2 N–H and O–H groups in total. The number of hydrogen-bond donors (Lipinski definition) is 1. The zero-order valence-electron chi connectivity index (χ0n) is 9.94. The summed E-state index contributed by atoms with van der Waals surface area (Å²) in [6, 6.07) is 15.0. The largest absolute Gasteiger partial charge is 0.327 e. The third kappa shape index (κ3) is 4.07. The minimum absolute atomic E-state index is 0.0202. The fourth-order valence-electron chi connectivity index (χ4n) is 1.96. The van der Waals surface area contributed by atoms with Crippen LogP contribution in [0.2, 0.25) is 0 Å². The van der Waals surface area contributed by atoms with Crippen molar-refractivity contribution in [2.45, 2.75) is 18.9 Å². The van der Waals surface area contributed by atoms with Gasteiger partial charge in [-0.15, -0.1) is 0 Å². The molecule has 2 rings (SSSR count). The lowest BCUT2D eigenvalue weighted by Gasteiger charge is -2.12. The lowest BCUT2D eigenvalue weighted by atomic mass is 10.00. The summed E-state index contributed by atoms with van der Waals surface area (Å²) in [5.41, 5.74) is 8.28. The fourth-order valence-corrected chi connectivity index (χ4v) is 2.32. The van der Waals surface area contributed by atoms with Gasteiger partial charge in [0.1, 0.15) is 5.82 Å². The molecule has 0 aliphatic heterocycles. The molecule has 0 aromatic heterocycles. The Kier molecular flexibility index (Phi) is 4.72. The Labute approximate surface area is 120 Å². The number of hydrogen-bond acceptors (Lipinski definition) is 1. The molecule has 0 aliphatic rings. The number of rotatable bonds is 4. The summed E-state index contributed by atoms with van der Waals surface area (Å²) in [4.78, 5) is 0. The van der Waals surface area contributed by atoms with Crippen molar-refractivity contribution in [3.05, 3.63) is 69.0 Å². The maximum atomic E-state index is 13.0. The molecule has 0 radical (unpaired) electrons. The molecule has 2 aromatic rings. The molecule has 2 aromatic carbocycles. The first-order valence-corrected chi connectivity index (χ1v) is 6.96. The fraction of sp³-hybridized carbons (Fsp3) is 0.200. The van der Waals surface area contributed by atoms with E-state index in [2.05, 4.69) is 46.9 Å². The van der Waals surface area contributed by atoms with Crippen LogP contribution in [0.25, 0.3) is 0 Å². The van der Waals surface area contributed by atoms with Crippen molar-refractivity contribution in [2.24, 2.45) is 5.73 Å². The monoisotopic (exact) mass is 355 g/mol. The Morgan fingerprint density at radius 1 is 1.00 bits per heavy atom. The second kappa shape index (κ2) is 6.29. The van der Waals surface area contributed by atoms with Gasteiger partial charge in [-0.2, -0.15) is 0 Å². The van der Waals surface area contributed by atoms with Crippen LogP contribution in [0.4, 0.5) is 4.39 Å². The van der Waals surface area contributed by atoms with Gasteiger partial charge in [0.05, 0.1) is 0 Å². The van der Waals surface area contributed by atoms with Crippen LogP contribution < -0.4 is 5.73 Å². The van der Waals surface area contributed by atoms with Gasteiger partial charge < -0.3 is 5.73 Å². The molecule has 1 unspecified atom stereocenters. The van der Waals surface area contributed by atoms with Crippen molar-refractivity contribution in [1.29, 1.82) is 0 Å². The third-order valence-corrected chi connectivity index (χ3v) is 3.52. The molecule has 1 nitrogen and oxygen atoms in total. The molecule has 18 heavy (non-hydrogen) atoms. The van der Waals surface area contributed by atoms with Gasteiger partial charge in [-0.1, -0.05) is 24.3 Å². The van der Waals surface area contributed by atoms with Crippen LogP contribution >= 0.6 is 22.6 Å². The number of nitrogens with two attached hydrogens (primary N) is 1. The zero-order valence-corrected chi connectivity index (χ0v) is 12.1. The maximum absolute atomic E-state index is 13.0. The number of benzene rings is 2. The van der Waals surface area contributed by atoms with Crippen molar-refractivity contribution in [1.82, 2.24) is 0 Å². The molecule has 0 amide bonds. The Bertz CT molecular complexity index is 510. The highest BCUT2D eigenvalue weighted by Gasteiger charge is 2.06. The highest BCUT2D eigenvalue weighted by molar-refractivity contribution is 14.1. The van der Waals surface area contributed by atoms with E-state index in [0.717, 1.165) is 12.0 Å². The maximum Gasteiger partial charge on any atom is 0.123 e. The Hall–Kier alpha value is -0.940. The van der Waals surface area contributed by atoms with Crippen LogP contribution in [0.3, 0.4) is 0 Å². The Morgan fingerprint density at radius 3 is 2.33 bits per heavy atom. The third-order valence-electron chi connectivity index (χ3n) is 2.80. The minimum Gasteiger partial charge on any atom is -0.327 e. The molecule has 0 saturated heterocycles. The van der Waals surface area contributed by atoms with Crippen molar-refractivity contribution in [2.75, 3.05) is 0 Å². The zero-order chi connectivity index (χ0) is 13.0. The van der Waals surface area contributed by atoms with Crippen molar-refractivity contribution < 1.29 is 4.39 Å². The smallest absolute Gasteiger partial charge is 0.123 e. The van der Waals surface area contributed by atoms with Gasteiger partial charge >= 0.3 is 0 Å². The van der Waals surface area contributed by atoms with Crippen molar-refractivity contribution in [3.8, 4) is 0 Å². The molecule has 0 fully saturated rings. The molecule has 0 aliphatic carbocycles. The van der Waals surface area contributed by atoms with E-state index in [1.165, 1.54) is 15.2 Å². The molecule has 0 bridgehead atoms. The first-order valence-electron chi connectivity index (χ1n) is 5.88. The van der Waals surface area contributed by atoms with E-state index in [0.29, 0.717) is 6.42 Å². The summed E-state index contributed by atoms with van der Waals surface area (Å²) in [7, 11) is 0. The van der Waals surface area contributed by atoms with Crippen molar-refractivity contribution >= 4 is 22.6 Å². The van der Waals surface area contributed by atoms with E-state index >= 15 is 0 Å². The van der Waals surface area contributed by atoms with Gasteiger partial charge in [-0.05, 0) is 70.8 Å². The molecule has 0 saturated carbocycles. The van der Waals surface area contributed by atoms with Crippen molar-refractivity contribution in [3.63, 3.8) is 0 Å². The summed E-state index contributed by atoms with van der Waals surface area (Å²) >= 11 is 2.28. The topological polar surface area (TPSA) is 26.0 Å². The average Bonchev–Trinajstić information content (AvgIpc) is 2.32. The van der Waals surface area contributed by atoms with E-state index in [-0.39, 0.29) is 11.9 Å². The van der Waals surface area contributed by atoms with E-state index in [9.17, 15) is 4.39 Å². The van der Waals surface area contributed by atoms with Gasteiger partial charge in [-0.25, -0.2) is 4.39 Å². The normalized spacial score (nSPS) is 12.4. The lowest BCUT2D eigenvalue weighted by molar-refractivity contribution is 0.618. The molecular weight excluding hydrogens is 340 g/mol. The van der Waals surface area contributed by atoms with Crippen LogP contribution in [0, 0.1) is 9.39 Å². The SMILES string of the molecule is NC(Cc1ccc(I)cc1)Cc1cccc(F)c1. The van der Waals surface area contributed by atoms with Crippen LogP contribution in [-0.2, 0) is 12.8 Å². The molecular formula is C15H15FIN. The summed E-state index contributed by atoms with van der Waals surface area (Å²) in [5, 5.41) is 0. The van der Waals surface area contributed by atoms with Crippen LogP contribution in [0.5, 0.6) is 0 Å². The highest BCUT2D eigenvalue weighted by atomic mass is 127. The number of halogens is 2. The Morgan fingerprint density at radius 2 is 1.67 bits per heavy atom. The van der Waals surface area contributed by atoms with E-state index in [1.807, 2.05) is 6.07 Å². The van der Waals surface area contributed by atoms with Crippen LogP contribution in [0.15, 0.2) is 48.5 Å². The van der Waals surface area contributed by atoms with Gasteiger partial charge in [0, 0.05) is 9.61 Å². The van der Waals surface area contributed by atoms with Gasteiger partial charge in [-0.3, -0.25) is 0 Å². The molecule has 1 atom stereocenters. The van der Waals surface area contributed by atoms with E-state index in [1.54, 1.807) is 12.1 Å². The second-order valence-corrected chi connectivity index (χ2v) is 5.67. The summed E-state index contributed by atoms with van der Waals surface area (Å²) in [6.07, 6.45) is 1.51. The molecule has 0 spiro atoms.